The number of nitrogens with one attached hydrogen (secondary N) is 1. The molecule has 2 unspecified atom stereocenters. The van der Waals surface area contributed by atoms with Gasteiger partial charge in [0.1, 0.15) is 11.8 Å². The van der Waals surface area contributed by atoms with E-state index in [1.54, 1.807) is 37.3 Å². The van der Waals surface area contributed by atoms with Crippen molar-refractivity contribution in [3.05, 3.63) is 59.7 Å². The van der Waals surface area contributed by atoms with Crippen LogP contribution in [-0.2, 0) is 20.5 Å². The Hall–Kier alpha value is -3.76. The number of amides is 1. The lowest BCUT2D eigenvalue weighted by molar-refractivity contribution is -0.153. The van der Waals surface area contributed by atoms with Crippen molar-refractivity contribution in [2.45, 2.75) is 19.1 Å². The molecule has 0 bridgehead atoms. The topological polar surface area (TPSA) is 83.5 Å². The molecular weight excluding hydrogens is 477 g/mol. The molecule has 36 heavy (non-hydrogen) atoms. The lowest BCUT2D eigenvalue weighted by atomic mass is 9.90. The molecular formula is C25H27F3N4O4. The van der Waals surface area contributed by atoms with Crippen molar-refractivity contribution in [3.63, 3.8) is 0 Å². The van der Waals surface area contributed by atoms with Gasteiger partial charge in [-0.2, -0.15) is 13.2 Å². The summed E-state index contributed by atoms with van der Waals surface area (Å²) in [5, 5.41) is 2.72. The molecule has 1 fully saturated rings. The lowest BCUT2D eigenvalue weighted by Gasteiger charge is -2.40. The van der Waals surface area contributed by atoms with Crippen LogP contribution in [0.4, 0.5) is 18.9 Å². The number of carbonyl (C=O) groups is 2. The molecule has 0 saturated carbocycles. The maximum Gasteiger partial charge on any atom is 0.416 e. The number of esters is 1. The minimum atomic E-state index is -4.41. The first-order valence-corrected chi connectivity index (χ1v) is 11.6. The number of anilines is 1. The summed E-state index contributed by atoms with van der Waals surface area (Å²) in [5.41, 5.74) is 0.359. The number of rotatable bonds is 5. The van der Waals surface area contributed by atoms with Crippen LogP contribution in [0.5, 0.6) is 5.75 Å². The molecule has 1 saturated heterocycles. The van der Waals surface area contributed by atoms with E-state index in [9.17, 15) is 22.8 Å². The van der Waals surface area contributed by atoms with E-state index >= 15 is 0 Å². The molecule has 2 aliphatic rings. The number of methoxy groups -OCH3 is 1. The van der Waals surface area contributed by atoms with Gasteiger partial charge in [0.2, 0.25) is 11.9 Å². The molecule has 2 aromatic rings. The van der Waals surface area contributed by atoms with Crippen molar-refractivity contribution < 1.29 is 32.2 Å². The fourth-order valence-corrected chi connectivity index (χ4v) is 4.41. The molecule has 2 aliphatic heterocycles. The van der Waals surface area contributed by atoms with Gasteiger partial charge in [-0.15, -0.1) is 0 Å². The van der Waals surface area contributed by atoms with Crippen molar-refractivity contribution in [1.29, 1.82) is 0 Å². The van der Waals surface area contributed by atoms with E-state index in [4.69, 9.17) is 14.5 Å². The highest BCUT2D eigenvalue weighted by Gasteiger charge is 2.43. The smallest absolute Gasteiger partial charge is 0.416 e. The van der Waals surface area contributed by atoms with Gasteiger partial charge in [-0.3, -0.25) is 14.9 Å². The van der Waals surface area contributed by atoms with Crippen LogP contribution in [0.15, 0.2) is 53.5 Å². The molecule has 1 amide bonds. The third kappa shape index (κ3) is 5.24. The highest BCUT2D eigenvalue weighted by atomic mass is 19.4. The Balaban J connectivity index is 1.57. The zero-order valence-electron chi connectivity index (χ0n) is 19.9. The number of piperazine rings is 1. The molecule has 11 heteroatoms. The Morgan fingerprint density at radius 2 is 1.78 bits per heavy atom. The molecule has 192 valence electrons. The van der Waals surface area contributed by atoms with Crippen LogP contribution in [0.1, 0.15) is 24.1 Å². The van der Waals surface area contributed by atoms with Crippen LogP contribution in [0.2, 0.25) is 0 Å². The summed E-state index contributed by atoms with van der Waals surface area (Å²) < 4.78 is 49.9. The third-order valence-corrected chi connectivity index (χ3v) is 6.21. The zero-order valence-corrected chi connectivity index (χ0v) is 19.9. The number of carbonyl (C=O) groups excluding carboxylic acids is 2. The van der Waals surface area contributed by atoms with Gasteiger partial charge in [0, 0.05) is 37.4 Å². The van der Waals surface area contributed by atoms with Crippen molar-refractivity contribution >= 4 is 23.5 Å². The standard InChI is InChI=1S/C25H27F3N4O4/c1-3-36-23(34)20-21(18-9-4-5-10-19(18)35-2)29-24(30-22(20)33)32-13-11-31(12-14-32)17-8-6-7-16(15-17)25(26,27)28/h4-10,15,20-21H,3,11-14H2,1-2H3,(H,29,30,33). The maximum absolute atomic E-state index is 13.1. The number of para-hydroxylation sites is 1. The Labute approximate surface area is 206 Å². The summed E-state index contributed by atoms with van der Waals surface area (Å²) >= 11 is 0. The van der Waals surface area contributed by atoms with Crippen molar-refractivity contribution in [2.75, 3.05) is 44.8 Å². The average Bonchev–Trinajstić information content (AvgIpc) is 2.88. The third-order valence-electron chi connectivity index (χ3n) is 6.21. The van der Waals surface area contributed by atoms with E-state index < -0.39 is 35.6 Å². The fourth-order valence-electron chi connectivity index (χ4n) is 4.41. The van der Waals surface area contributed by atoms with Crippen LogP contribution >= 0.6 is 0 Å². The quantitative estimate of drug-likeness (QED) is 0.497. The summed E-state index contributed by atoms with van der Waals surface area (Å²) in [5.74, 6) is -1.60. The molecule has 8 nitrogen and oxygen atoms in total. The summed E-state index contributed by atoms with van der Waals surface area (Å²) in [6.07, 6.45) is -4.41. The Kier molecular flexibility index (Phi) is 7.37. The first-order valence-electron chi connectivity index (χ1n) is 11.6. The molecule has 2 aromatic carbocycles. The van der Waals surface area contributed by atoms with Gasteiger partial charge in [-0.1, -0.05) is 24.3 Å². The van der Waals surface area contributed by atoms with Gasteiger partial charge in [0.25, 0.3) is 0 Å². The second-order valence-corrected chi connectivity index (χ2v) is 8.38. The van der Waals surface area contributed by atoms with Gasteiger partial charge in [0.05, 0.1) is 19.3 Å². The van der Waals surface area contributed by atoms with Crippen LogP contribution < -0.4 is 15.0 Å². The minimum absolute atomic E-state index is 0.120. The number of hydrogen-bond acceptors (Lipinski definition) is 7. The monoisotopic (exact) mass is 504 g/mol. The molecule has 2 heterocycles. The highest BCUT2D eigenvalue weighted by molar-refractivity contribution is 6.08. The highest BCUT2D eigenvalue weighted by Crippen LogP contribution is 2.36. The van der Waals surface area contributed by atoms with Crippen LogP contribution in [-0.4, -0.2) is 62.6 Å². The summed E-state index contributed by atoms with van der Waals surface area (Å²) in [6, 6.07) is 11.4. The number of nitrogens with zero attached hydrogens (tertiary/aromatic N) is 3. The van der Waals surface area contributed by atoms with Gasteiger partial charge < -0.3 is 19.3 Å². The normalized spacial score (nSPS) is 20.5. The zero-order chi connectivity index (χ0) is 25.9. The van der Waals surface area contributed by atoms with E-state index in [0.29, 0.717) is 49.1 Å². The van der Waals surface area contributed by atoms with Crippen molar-refractivity contribution in [1.82, 2.24) is 10.2 Å². The molecule has 1 N–H and O–H groups in total. The summed E-state index contributed by atoms with van der Waals surface area (Å²) in [7, 11) is 1.50. The number of guanidine groups is 1. The van der Waals surface area contributed by atoms with E-state index in [-0.39, 0.29) is 6.61 Å². The van der Waals surface area contributed by atoms with Crippen LogP contribution in [0.25, 0.3) is 0 Å². The maximum atomic E-state index is 13.1. The summed E-state index contributed by atoms with van der Waals surface area (Å²) in [6.45, 7) is 3.47. The lowest BCUT2D eigenvalue weighted by Crippen LogP contribution is -2.57. The molecule has 2 atom stereocenters. The van der Waals surface area contributed by atoms with E-state index in [1.807, 2.05) is 9.80 Å². The second kappa shape index (κ2) is 10.5. The predicted octanol–water partition coefficient (Wildman–Crippen LogP) is 3.24. The first kappa shape index (κ1) is 25.3. The minimum Gasteiger partial charge on any atom is -0.496 e. The van der Waals surface area contributed by atoms with Crippen molar-refractivity contribution in [3.8, 4) is 5.75 Å². The Morgan fingerprint density at radius 3 is 2.44 bits per heavy atom. The molecule has 0 radical (unpaired) electrons. The molecule has 4 rings (SSSR count). The van der Waals surface area contributed by atoms with E-state index in [2.05, 4.69) is 5.32 Å². The predicted molar refractivity (Wildman–Crippen MR) is 127 cm³/mol. The largest absolute Gasteiger partial charge is 0.496 e. The van der Waals surface area contributed by atoms with Gasteiger partial charge in [-0.25, -0.2) is 4.99 Å². The van der Waals surface area contributed by atoms with Gasteiger partial charge >= 0.3 is 12.1 Å². The van der Waals surface area contributed by atoms with E-state index in [0.717, 1.165) is 12.1 Å². The number of alkyl halides is 3. The number of hydrogen-bond donors (Lipinski definition) is 1. The average molecular weight is 505 g/mol. The number of ether oxygens (including phenoxy) is 2. The molecule has 0 aliphatic carbocycles. The Bertz CT molecular complexity index is 1150. The SMILES string of the molecule is CCOC(=O)C1C(=O)NC(N2CCN(c3cccc(C(F)(F)F)c3)CC2)=NC1c1ccccc1OC. The number of aliphatic imine (C=N–C) groups is 1. The molecule has 0 aromatic heterocycles. The number of benzene rings is 2. The van der Waals surface area contributed by atoms with Gasteiger partial charge in [0.15, 0.2) is 5.92 Å². The Morgan fingerprint density at radius 1 is 1.08 bits per heavy atom. The fraction of sp³-hybridized carbons (Fsp3) is 0.400. The van der Waals surface area contributed by atoms with E-state index in [1.165, 1.54) is 13.2 Å². The second-order valence-electron chi connectivity index (χ2n) is 8.38. The summed E-state index contributed by atoms with van der Waals surface area (Å²) in [4.78, 5) is 34.2. The number of halogens is 3. The van der Waals surface area contributed by atoms with Crippen LogP contribution in [0.3, 0.4) is 0 Å². The molecule has 0 spiro atoms. The van der Waals surface area contributed by atoms with Gasteiger partial charge in [-0.05, 0) is 31.2 Å². The first-order chi connectivity index (χ1) is 17.2. The van der Waals surface area contributed by atoms with Crippen molar-refractivity contribution in [2.24, 2.45) is 10.9 Å². The van der Waals surface area contributed by atoms with Crippen LogP contribution in [0, 0.1) is 5.92 Å².